The third-order valence-corrected chi connectivity index (χ3v) is 1.82. The molecule has 0 bridgehead atoms. The van der Waals surface area contributed by atoms with E-state index in [2.05, 4.69) is 22.0 Å². The van der Waals surface area contributed by atoms with Crippen LogP contribution in [0.4, 0.5) is 0 Å². The highest BCUT2D eigenvalue weighted by molar-refractivity contribution is 5.04. The number of aromatic nitrogens is 2. The molecule has 0 saturated heterocycles. The summed E-state index contributed by atoms with van der Waals surface area (Å²) < 4.78 is 0. The highest BCUT2D eigenvalue weighted by atomic mass is 15.2. The first-order valence-electron chi connectivity index (χ1n) is 4.21. The van der Waals surface area contributed by atoms with Gasteiger partial charge < -0.3 is 0 Å². The van der Waals surface area contributed by atoms with Crippen LogP contribution in [0.5, 0.6) is 0 Å². The Morgan fingerprint density at radius 3 is 3.08 bits per heavy atom. The molecule has 1 heterocycles. The van der Waals surface area contributed by atoms with Crippen LogP contribution in [0.3, 0.4) is 0 Å². The Balaban J connectivity index is 2.61. The molecule has 3 N–H and O–H groups in total. The second kappa shape index (κ2) is 5.40. The smallest absolute Gasteiger partial charge is 0.115 e. The maximum atomic E-state index is 5.40. The third-order valence-electron chi connectivity index (χ3n) is 1.82. The number of hydrazine groups is 1. The third kappa shape index (κ3) is 2.93. The summed E-state index contributed by atoms with van der Waals surface area (Å²) >= 11 is 0. The van der Waals surface area contributed by atoms with Crippen molar-refractivity contribution in [2.45, 2.75) is 18.9 Å². The molecule has 0 aliphatic heterocycles. The lowest BCUT2D eigenvalue weighted by atomic mass is 10.1. The average Bonchev–Trinajstić information content (AvgIpc) is 2.21. The Bertz CT molecular complexity index is 247. The van der Waals surface area contributed by atoms with Crippen LogP contribution in [0.15, 0.2) is 31.2 Å². The van der Waals surface area contributed by atoms with Gasteiger partial charge in [0.1, 0.15) is 6.33 Å². The fourth-order valence-corrected chi connectivity index (χ4v) is 1.11. The number of hydrogen-bond donors (Lipinski definition) is 2. The number of nitrogens with zero attached hydrogens (tertiary/aromatic N) is 2. The summed E-state index contributed by atoms with van der Waals surface area (Å²) in [5, 5.41) is 0. The molecule has 4 heteroatoms. The topological polar surface area (TPSA) is 63.8 Å². The number of rotatable bonds is 5. The first-order valence-corrected chi connectivity index (χ1v) is 4.21. The Kier molecular flexibility index (Phi) is 4.08. The van der Waals surface area contributed by atoms with E-state index in [-0.39, 0.29) is 6.04 Å². The predicted molar refractivity (Wildman–Crippen MR) is 51.5 cm³/mol. The number of hydrogen-bond acceptors (Lipinski definition) is 4. The monoisotopic (exact) mass is 178 g/mol. The van der Waals surface area contributed by atoms with Crippen LogP contribution in [-0.2, 0) is 0 Å². The summed E-state index contributed by atoms with van der Waals surface area (Å²) in [5.74, 6) is 5.40. The molecule has 0 radical (unpaired) electrons. The van der Waals surface area contributed by atoms with E-state index in [9.17, 15) is 0 Å². The summed E-state index contributed by atoms with van der Waals surface area (Å²) in [5.41, 5.74) is 3.63. The Labute approximate surface area is 77.9 Å². The van der Waals surface area contributed by atoms with Crippen LogP contribution >= 0.6 is 0 Å². The quantitative estimate of drug-likeness (QED) is 0.400. The number of allylic oxidation sites excluding steroid dienone is 1. The lowest BCUT2D eigenvalue weighted by Crippen LogP contribution is -2.28. The number of nitrogens with two attached hydrogens (primary N) is 1. The van der Waals surface area contributed by atoms with Crippen LogP contribution in [0, 0.1) is 0 Å². The minimum Gasteiger partial charge on any atom is -0.271 e. The predicted octanol–water partition coefficient (Wildman–Crippen LogP) is 0.947. The molecule has 0 aromatic carbocycles. The molecule has 0 amide bonds. The Hall–Kier alpha value is -1.26. The molecule has 4 nitrogen and oxygen atoms in total. The van der Waals surface area contributed by atoms with E-state index in [0.29, 0.717) is 0 Å². The van der Waals surface area contributed by atoms with Crippen molar-refractivity contribution < 1.29 is 0 Å². The van der Waals surface area contributed by atoms with Crippen molar-refractivity contribution in [1.82, 2.24) is 15.4 Å². The van der Waals surface area contributed by atoms with Crippen LogP contribution in [0.2, 0.25) is 0 Å². The van der Waals surface area contributed by atoms with Crippen molar-refractivity contribution >= 4 is 0 Å². The van der Waals surface area contributed by atoms with Gasteiger partial charge in [0.05, 0.1) is 11.7 Å². The van der Waals surface area contributed by atoms with Gasteiger partial charge in [0, 0.05) is 6.20 Å². The van der Waals surface area contributed by atoms with Gasteiger partial charge in [0.2, 0.25) is 0 Å². The molecule has 0 aliphatic carbocycles. The van der Waals surface area contributed by atoms with Crippen LogP contribution in [-0.4, -0.2) is 9.97 Å². The second-order valence-corrected chi connectivity index (χ2v) is 2.72. The van der Waals surface area contributed by atoms with Crippen molar-refractivity contribution in [3.8, 4) is 0 Å². The van der Waals surface area contributed by atoms with Gasteiger partial charge in [-0.25, -0.2) is 9.97 Å². The molecule has 0 fully saturated rings. The van der Waals surface area contributed by atoms with Crippen LogP contribution < -0.4 is 11.3 Å². The molecular formula is C9H14N4. The summed E-state index contributed by atoms with van der Waals surface area (Å²) in [6.45, 7) is 3.66. The van der Waals surface area contributed by atoms with E-state index >= 15 is 0 Å². The van der Waals surface area contributed by atoms with Crippen LogP contribution in [0.1, 0.15) is 24.6 Å². The lowest BCUT2D eigenvalue weighted by molar-refractivity contribution is 0.508. The second-order valence-electron chi connectivity index (χ2n) is 2.72. The summed E-state index contributed by atoms with van der Waals surface area (Å²) in [4.78, 5) is 7.96. The molecule has 0 aliphatic rings. The average molecular weight is 178 g/mol. The summed E-state index contributed by atoms with van der Waals surface area (Å²) in [6.07, 6.45) is 6.91. The molecule has 0 saturated carbocycles. The van der Waals surface area contributed by atoms with Crippen molar-refractivity contribution in [3.05, 3.63) is 36.9 Å². The molecule has 1 rings (SSSR count). The summed E-state index contributed by atoms with van der Waals surface area (Å²) in [7, 11) is 0. The molecule has 13 heavy (non-hydrogen) atoms. The largest absolute Gasteiger partial charge is 0.271 e. The highest BCUT2D eigenvalue weighted by Gasteiger charge is 2.08. The zero-order valence-electron chi connectivity index (χ0n) is 7.48. The van der Waals surface area contributed by atoms with Crippen molar-refractivity contribution in [1.29, 1.82) is 0 Å². The van der Waals surface area contributed by atoms with Gasteiger partial charge in [-0.05, 0) is 18.9 Å². The van der Waals surface area contributed by atoms with Crippen molar-refractivity contribution in [2.75, 3.05) is 0 Å². The van der Waals surface area contributed by atoms with Crippen LogP contribution in [0.25, 0.3) is 0 Å². The molecular weight excluding hydrogens is 164 g/mol. The molecule has 1 atom stereocenters. The zero-order chi connectivity index (χ0) is 9.52. The van der Waals surface area contributed by atoms with Gasteiger partial charge in [-0.3, -0.25) is 11.3 Å². The van der Waals surface area contributed by atoms with E-state index in [1.807, 2.05) is 12.1 Å². The van der Waals surface area contributed by atoms with Crippen molar-refractivity contribution in [2.24, 2.45) is 5.84 Å². The van der Waals surface area contributed by atoms with E-state index in [4.69, 9.17) is 5.84 Å². The van der Waals surface area contributed by atoms with Crippen molar-refractivity contribution in [3.63, 3.8) is 0 Å². The standard InChI is InChI=1S/C9H14N4/c1-2-3-4-9(13-10)8-5-6-11-7-12-8/h2,5-7,9,13H,1,3-4,10H2. The van der Waals surface area contributed by atoms with Gasteiger partial charge in [0.25, 0.3) is 0 Å². The van der Waals surface area contributed by atoms with E-state index < -0.39 is 0 Å². The van der Waals surface area contributed by atoms with Gasteiger partial charge >= 0.3 is 0 Å². The van der Waals surface area contributed by atoms with Gasteiger partial charge in [-0.2, -0.15) is 0 Å². The normalized spacial score (nSPS) is 12.4. The highest BCUT2D eigenvalue weighted by Crippen LogP contribution is 2.13. The minimum absolute atomic E-state index is 0.0843. The van der Waals surface area contributed by atoms with E-state index in [1.54, 1.807) is 6.20 Å². The first kappa shape index (κ1) is 9.83. The minimum atomic E-state index is 0.0843. The van der Waals surface area contributed by atoms with Gasteiger partial charge in [0.15, 0.2) is 0 Å². The molecule has 1 aromatic rings. The SMILES string of the molecule is C=CCCC(NN)c1ccncn1. The molecule has 70 valence electrons. The maximum absolute atomic E-state index is 5.40. The fraction of sp³-hybridized carbons (Fsp3) is 0.333. The summed E-state index contributed by atoms with van der Waals surface area (Å²) in [6, 6.07) is 1.94. The molecule has 0 spiro atoms. The van der Waals surface area contributed by atoms with Gasteiger partial charge in [-0.1, -0.05) is 6.08 Å². The van der Waals surface area contributed by atoms with E-state index in [0.717, 1.165) is 18.5 Å². The molecule has 1 unspecified atom stereocenters. The lowest BCUT2D eigenvalue weighted by Gasteiger charge is -2.13. The first-order chi connectivity index (χ1) is 6.38. The molecule has 1 aromatic heterocycles. The fourth-order valence-electron chi connectivity index (χ4n) is 1.11. The Morgan fingerprint density at radius 2 is 2.54 bits per heavy atom. The Morgan fingerprint density at radius 1 is 1.69 bits per heavy atom. The van der Waals surface area contributed by atoms with Gasteiger partial charge in [-0.15, -0.1) is 6.58 Å². The number of nitrogens with one attached hydrogen (secondary N) is 1. The maximum Gasteiger partial charge on any atom is 0.115 e. The zero-order valence-corrected chi connectivity index (χ0v) is 7.48. The van der Waals surface area contributed by atoms with E-state index in [1.165, 1.54) is 6.33 Å².